The zero-order chi connectivity index (χ0) is 23.3. The van der Waals surface area contributed by atoms with Crippen LogP contribution in [-0.2, 0) is 0 Å². The average Bonchev–Trinajstić information content (AvgIpc) is 3.18. The van der Waals surface area contributed by atoms with Gasteiger partial charge in [0.1, 0.15) is 0 Å². The van der Waals surface area contributed by atoms with Crippen LogP contribution in [0.25, 0.3) is 0 Å². The fraction of sp³-hybridized carbons (Fsp3) is 1.00. The number of fused-ring (bicyclic) bond motifs is 5. The van der Waals surface area contributed by atoms with Gasteiger partial charge in [-0.3, -0.25) is 0 Å². The second-order valence-corrected chi connectivity index (χ2v) is 13.6. The molecule has 0 radical (unpaired) electrons. The van der Waals surface area contributed by atoms with Gasteiger partial charge >= 0.3 is 0 Å². The van der Waals surface area contributed by atoms with Gasteiger partial charge in [-0.25, -0.2) is 0 Å². The highest BCUT2D eigenvalue weighted by molar-refractivity contribution is 5.11. The van der Waals surface area contributed by atoms with Gasteiger partial charge in [-0.05, 0) is 136 Å². The Hall–Kier alpha value is -0.0800. The lowest BCUT2D eigenvalue weighted by Gasteiger charge is -2.63. The van der Waals surface area contributed by atoms with E-state index in [4.69, 9.17) is 0 Å². The maximum Gasteiger partial charge on any atom is 0.0648 e. The highest BCUT2D eigenvalue weighted by Gasteiger charge is 2.62. The minimum absolute atomic E-state index is 0.133. The number of aliphatic hydroxyl groups excluding tert-OH is 1. The van der Waals surface area contributed by atoms with Crippen molar-refractivity contribution < 1.29 is 10.2 Å². The molecule has 4 aliphatic carbocycles. The first-order valence-electron chi connectivity index (χ1n) is 14.5. The summed E-state index contributed by atoms with van der Waals surface area (Å²) in [6.45, 7) is 14.1. The molecule has 186 valence electrons. The van der Waals surface area contributed by atoms with Crippen LogP contribution in [0.4, 0.5) is 0 Å². The van der Waals surface area contributed by atoms with Crippen molar-refractivity contribution in [2.45, 2.75) is 137 Å². The normalized spacial score (nSPS) is 48.1. The van der Waals surface area contributed by atoms with Crippen LogP contribution in [0.15, 0.2) is 0 Å². The Kier molecular flexibility index (Phi) is 7.18. The number of aliphatic hydroxyl groups is 2. The lowest BCUT2D eigenvalue weighted by atomic mass is 9.43. The van der Waals surface area contributed by atoms with Crippen LogP contribution in [0, 0.1) is 52.3 Å². The first kappa shape index (κ1) is 25.0. The summed E-state index contributed by atoms with van der Waals surface area (Å²) in [5, 5.41) is 21.5. The number of hydrogen-bond acceptors (Lipinski definition) is 2. The van der Waals surface area contributed by atoms with E-state index in [2.05, 4.69) is 41.5 Å². The largest absolute Gasteiger partial charge is 0.393 e. The average molecular weight is 447 g/mol. The molecular formula is C30H54O2. The monoisotopic (exact) mass is 446 g/mol. The van der Waals surface area contributed by atoms with Gasteiger partial charge in [0, 0.05) is 0 Å². The summed E-state index contributed by atoms with van der Waals surface area (Å²) in [5.41, 5.74) is 0.647. The summed E-state index contributed by atoms with van der Waals surface area (Å²) >= 11 is 0. The minimum Gasteiger partial charge on any atom is -0.393 e. The molecule has 4 fully saturated rings. The van der Waals surface area contributed by atoms with Crippen LogP contribution >= 0.6 is 0 Å². The molecule has 2 nitrogen and oxygen atoms in total. The van der Waals surface area contributed by atoms with Gasteiger partial charge in [0.2, 0.25) is 0 Å². The molecule has 0 saturated heterocycles. The Morgan fingerprint density at radius 3 is 2.25 bits per heavy atom. The van der Waals surface area contributed by atoms with Gasteiger partial charge in [-0.15, -0.1) is 0 Å². The summed E-state index contributed by atoms with van der Waals surface area (Å²) in [6.07, 6.45) is 16.2. The first-order valence-corrected chi connectivity index (χ1v) is 14.5. The fourth-order valence-corrected chi connectivity index (χ4v) is 10.0. The highest BCUT2D eigenvalue weighted by atomic mass is 16.3. The molecule has 0 spiro atoms. The molecule has 2 heteroatoms. The van der Waals surface area contributed by atoms with Crippen molar-refractivity contribution in [3.8, 4) is 0 Å². The molecule has 0 aromatic heterocycles. The topological polar surface area (TPSA) is 40.5 Å². The quantitative estimate of drug-likeness (QED) is 0.422. The third-order valence-corrected chi connectivity index (χ3v) is 12.3. The SMILES string of the molecule is CC[C@]1(O)CC[C@@]2(C)[C@@H](CC[C@@H]3[C@@H]2CC[C@]2(CC)[C@@H]([C@H](C)CCC(O)C(C)C)CC[C@@H]32)C1. The molecule has 0 bridgehead atoms. The predicted octanol–water partition coefficient (Wildman–Crippen LogP) is 7.61. The first-order chi connectivity index (χ1) is 15.1. The van der Waals surface area contributed by atoms with E-state index in [1.54, 1.807) is 0 Å². The van der Waals surface area contributed by atoms with E-state index in [0.717, 1.165) is 61.2 Å². The Morgan fingerprint density at radius 1 is 0.844 bits per heavy atom. The zero-order valence-corrected chi connectivity index (χ0v) is 22.2. The van der Waals surface area contributed by atoms with E-state index in [-0.39, 0.29) is 11.7 Å². The van der Waals surface area contributed by atoms with E-state index < -0.39 is 0 Å². The molecule has 4 rings (SSSR count). The third kappa shape index (κ3) is 4.02. The Morgan fingerprint density at radius 2 is 1.59 bits per heavy atom. The van der Waals surface area contributed by atoms with Gasteiger partial charge < -0.3 is 10.2 Å². The van der Waals surface area contributed by atoms with E-state index in [1.807, 2.05) is 0 Å². The van der Waals surface area contributed by atoms with Crippen molar-refractivity contribution in [3.63, 3.8) is 0 Å². The lowest BCUT2D eigenvalue weighted by Crippen LogP contribution is -2.56. The van der Waals surface area contributed by atoms with Crippen LogP contribution in [0.1, 0.15) is 125 Å². The fourth-order valence-electron chi connectivity index (χ4n) is 10.0. The van der Waals surface area contributed by atoms with E-state index in [0.29, 0.717) is 16.7 Å². The highest BCUT2D eigenvalue weighted by Crippen LogP contribution is 2.70. The molecule has 0 heterocycles. The second-order valence-electron chi connectivity index (χ2n) is 13.6. The van der Waals surface area contributed by atoms with Gasteiger partial charge in [0.15, 0.2) is 0 Å². The summed E-state index contributed by atoms with van der Waals surface area (Å²) in [6, 6.07) is 0. The van der Waals surface area contributed by atoms with Gasteiger partial charge in [0.25, 0.3) is 0 Å². The van der Waals surface area contributed by atoms with Crippen molar-refractivity contribution in [1.82, 2.24) is 0 Å². The predicted molar refractivity (Wildman–Crippen MR) is 134 cm³/mol. The number of hydrogen-bond donors (Lipinski definition) is 2. The molecular weight excluding hydrogens is 392 g/mol. The van der Waals surface area contributed by atoms with Crippen molar-refractivity contribution in [2.75, 3.05) is 0 Å². The molecule has 4 aliphatic rings. The molecule has 0 aromatic rings. The Bertz CT molecular complexity index is 645. The summed E-state index contributed by atoms with van der Waals surface area (Å²) in [5.74, 6) is 5.47. The second kappa shape index (κ2) is 9.18. The Labute approximate surface area is 199 Å². The van der Waals surface area contributed by atoms with Gasteiger partial charge in [-0.1, -0.05) is 41.5 Å². The molecule has 10 atom stereocenters. The third-order valence-electron chi connectivity index (χ3n) is 12.3. The molecule has 0 aliphatic heterocycles. The van der Waals surface area contributed by atoms with Crippen LogP contribution in [0.2, 0.25) is 0 Å². The van der Waals surface area contributed by atoms with Crippen molar-refractivity contribution in [1.29, 1.82) is 0 Å². The molecule has 2 N–H and O–H groups in total. The van der Waals surface area contributed by atoms with Gasteiger partial charge in [-0.2, -0.15) is 0 Å². The summed E-state index contributed by atoms with van der Waals surface area (Å²) < 4.78 is 0. The summed E-state index contributed by atoms with van der Waals surface area (Å²) in [4.78, 5) is 0. The maximum atomic E-state index is 11.1. The van der Waals surface area contributed by atoms with Crippen LogP contribution in [0.5, 0.6) is 0 Å². The molecule has 0 aromatic carbocycles. The van der Waals surface area contributed by atoms with Crippen LogP contribution < -0.4 is 0 Å². The smallest absolute Gasteiger partial charge is 0.0648 e. The van der Waals surface area contributed by atoms with Gasteiger partial charge in [0.05, 0.1) is 11.7 Å². The maximum absolute atomic E-state index is 11.1. The lowest BCUT2D eigenvalue weighted by molar-refractivity contribution is -0.156. The van der Waals surface area contributed by atoms with E-state index in [1.165, 1.54) is 57.8 Å². The molecule has 4 saturated carbocycles. The Balaban J connectivity index is 1.49. The van der Waals surface area contributed by atoms with Crippen molar-refractivity contribution in [3.05, 3.63) is 0 Å². The summed E-state index contributed by atoms with van der Waals surface area (Å²) in [7, 11) is 0. The molecule has 1 unspecified atom stereocenters. The van der Waals surface area contributed by atoms with E-state index >= 15 is 0 Å². The van der Waals surface area contributed by atoms with Crippen LogP contribution in [-0.4, -0.2) is 21.9 Å². The minimum atomic E-state index is -0.382. The molecule has 0 amide bonds. The van der Waals surface area contributed by atoms with Crippen LogP contribution in [0.3, 0.4) is 0 Å². The standard InChI is InChI=1S/C30H54O2/c1-7-29(32)18-17-28(6)22(19-29)10-11-23-25(28)15-16-30(8-2)24(12-13-26(23)30)21(5)9-14-27(31)20(3)4/h20-27,31-32H,7-19H2,1-6H3/t21-,22+,23-,24-,25+,26+,27?,28+,29+,30-/m1/s1. The van der Waals surface area contributed by atoms with E-state index in [9.17, 15) is 10.2 Å². The van der Waals surface area contributed by atoms with Crippen molar-refractivity contribution in [2.24, 2.45) is 52.3 Å². The van der Waals surface area contributed by atoms with Crippen molar-refractivity contribution >= 4 is 0 Å². The number of rotatable bonds is 7. The molecule has 32 heavy (non-hydrogen) atoms. The zero-order valence-electron chi connectivity index (χ0n) is 22.2.